The largest absolute Gasteiger partial charge is 0.493 e. The Morgan fingerprint density at radius 1 is 1.29 bits per heavy atom. The van der Waals surface area contributed by atoms with Crippen LogP contribution >= 0.6 is 0 Å². The number of rotatable bonds is 9. The molecule has 0 saturated carbocycles. The Balaban J connectivity index is 2.79. The lowest BCUT2D eigenvalue weighted by molar-refractivity contribution is 0.123. The monoisotopic (exact) mass is 297 g/mol. The molecule has 0 radical (unpaired) electrons. The Kier molecular flexibility index (Phi) is 7.68. The molecule has 0 heterocycles. The number of ether oxygens (including phenoxy) is 1. The first-order valence-electron chi connectivity index (χ1n) is 7.85. The van der Waals surface area contributed by atoms with Crippen LogP contribution in [0.5, 0.6) is 5.75 Å². The average Bonchev–Trinajstić information content (AvgIpc) is 2.46. The van der Waals surface area contributed by atoms with Crippen molar-refractivity contribution in [3.8, 4) is 5.75 Å². The molecule has 0 spiro atoms. The Morgan fingerprint density at radius 3 is 2.62 bits per heavy atom. The van der Waals surface area contributed by atoms with Crippen molar-refractivity contribution >= 4 is 0 Å². The van der Waals surface area contributed by atoms with Gasteiger partial charge in [0.15, 0.2) is 0 Å². The molecule has 21 heavy (non-hydrogen) atoms. The minimum atomic E-state index is -0.581. The lowest BCUT2D eigenvalue weighted by Gasteiger charge is -2.23. The van der Waals surface area contributed by atoms with Crippen LogP contribution in [0.15, 0.2) is 18.2 Å². The van der Waals surface area contributed by atoms with Gasteiger partial charge < -0.3 is 15.6 Å². The number of aliphatic hydroxyl groups excluding tert-OH is 1. The van der Waals surface area contributed by atoms with Gasteiger partial charge >= 0.3 is 0 Å². The lowest BCUT2D eigenvalue weighted by Crippen LogP contribution is -2.35. The summed E-state index contributed by atoms with van der Waals surface area (Å²) in [4.78, 5) is 0. The van der Waals surface area contributed by atoms with Crippen LogP contribution in [0, 0.1) is 5.82 Å². The first-order valence-corrected chi connectivity index (χ1v) is 7.85. The molecule has 0 amide bonds. The van der Waals surface area contributed by atoms with Gasteiger partial charge in [-0.3, -0.25) is 0 Å². The third-order valence-electron chi connectivity index (χ3n) is 3.68. The van der Waals surface area contributed by atoms with Crippen LogP contribution in [-0.2, 0) is 0 Å². The first kappa shape index (κ1) is 17.9. The summed E-state index contributed by atoms with van der Waals surface area (Å²) in [6, 6.07) is 4.33. The summed E-state index contributed by atoms with van der Waals surface area (Å²) in [7, 11) is 0. The van der Waals surface area contributed by atoms with Crippen molar-refractivity contribution in [2.24, 2.45) is 5.73 Å². The van der Waals surface area contributed by atoms with E-state index >= 15 is 0 Å². The highest BCUT2D eigenvalue weighted by Crippen LogP contribution is 2.31. The fourth-order valence-electron chi connectivity index (χ4n) is 2.44. The van der Waals surface area contributed by atoms with Gasteiger partial charge in [-0.15, -0.1) is 0 Å². The molecule has 120 valence electrons. The molecule has 3 unspecified atom stereocenters. The van der Waals surface area contributed by atoms with E-state index in [4.69, 9.17) is 10.5 Å². The topological polar surface area (TPSA) is 55.5 Å². The highest BCUT2D eigenvalue weighted by Gasteiger charge is 2.20. The first-order chi connectivity index (χ1) is 9.99. The van der Waals surface area contributed by atoms with Crippen LogP contribution < -0.4 is 10.5 Å². The predicted molar refractivity (Wildman–Crippen MR) is 84.1 cm³/mol. The molecule has 0 fully saturated rings. The van der Waals surface area contributed by atoms with E-state index in [-0.39, 0.29) is 17.8 Å². The Labute approximate surface area is 127 Å². The molecule has 3 atom stereocenters. The van der Waals surface area contributed by atoms with Gasteiger partial charge in [0.05, 0.1) is 12.7 Å². The molecule has 0 saturated heterocycles. The van der Waals surface area contributed by atoms with Crippen LogP contribution in [0.4, 0.5) is 4.39 Å². The molecule has 1 aromatic rings. The molecule has 1 aromatic carbocycles. The molecule has 4 heteroatoms. The molecular formula is C17H28FNO2. The normalized spacial score (nSPS) is 15.5. The highest BCUT2D eigenvalue weighted by molar-refractivity contribution is 5.36. The minimum Gasteiger partial charge on any atom is -0.493 e. The van der Waals surface area contributed by atoms with Gasteiger partial charge in [-0.05, 0) is 48.9 Å². The third kappa shape index (κ3) is 5.64. The number of benzene rings is 1. The maximum Gasteiger partial charge on any atom is 0.123 e. The van der Waals surface area contributed by atoms with Crippen molar-refractivity contribution in [1.29, 1.82) is 0 Å². The summed E-state index contributed by atoms with van der Waals surface area (Å²) < 4.78 is 19.2. The summed E-state index contributed by atoms with van der Waals surface area (Å²) in [6.07, 6.45) is 2.55. The zero-order chi connectivity index (χ0) is 15.8. The van der Waals surface area contributed by atoms with Gasteiger partial charge in [-0.25, -0.2) is 4.39 Å². The van der Waals surface area contributed by atoms with Crippen molar-refractivity contribution in [1.82, 2.24) is 0 Å². The van der Waals surface area contributed by atoms with Gasteiger partial charge in [0, 0.05) is 6.04 Å². The van der Waals surface area contributed by atoms with Gasteiger partial charge in [0.1, 0.15) is 11.6 Å². The fourth-order valence-corrected chi connectivity index (χ4v) is 2.44. The van der Waals surface area contributed by atoms with E-state index in [2.05, 4.69) is 0 Å². The molecule has 3 nitrogen and oxygen atoms in total. The van der Waals surface area contributed by atoms with Crippen molar-refractivity contribution in [2.75, 3.05) is 6.61 Å². The van der Waals surface area contributed by atoms with E-state index in [1.165, 1.54) is 12.1 Å². The zero-order valence-electron chi connectivity index (χ0n) is 13.3. The second-order valence-electron chi connectivity index (χ2n) is 5.69. The zero-order valence-corrected chi connectivity index (χ0v) is 13.3. The highest BCUT2D eigenvalue weighted by atomic mass is 19.1. The molecular weight excluding hydrogens is 269 g/mol. The van der Waals surface area contributed by atoms with E-state index < -0.39 is 6.10 Å². The van der Waals surface area contributed by atoms with Crippen LogP contribution in [0.2, 0.25) is 0 Å². The Bertz CT molecular complexity index is 425. The van der Waals surface area contributed by atoms with Gasteiger partial charge in [0.25, 0.3) is 0 Å². The minimum absolute atomic E-state index is 0.00883. The quantitative estimate of drug-likeness (QED) is 0.732. The number of halogens is 1. The number of nitrogens with two attached hydrogens (primary N) is 1. The van der Waals surface area contributed by atoms with E-state index in [0.29, 0.717) is 18.8 Å². The molecule has 0 aromatic heterocycles. The second-order valence-corrected chi connectivity index (χ2v) is 5.69. The summed E-state index contributed by atoms with van der Waals surface area (Å²) in [5, 5.41) is 10.2. The lowest BCUT2D eigenvalue weighted by atomic mass is 9.90. The Morgan fingerprint density at radius 2 is 2.00 bits per heavy atom. The molecule has 0 bridgehead atoms. The van der Waals surface area contributed by atoms with Gasteiger partial charge in [-0.1, -0.05) is 27.2 Å². The summed E-state index contributed by atoms with van der Waals surface area (Å²) >= 11 is 0. The van der Waals surface area contributed by atoms with E-state index in [0.717, 1.165) is 24.8 Å². The van der Waals surface area contributed by atoms with Crippen molar-refractivity contribution in [3.05, 3.63) is 29.6 Å². The molecule has 0 aliphatic carbocycles. The summed E-state index contributed by atoms with van der Waals surface area (Å²) in [5.74, 6) is 0.403. The van der Waals surface area contributed by atoms with Crippen molar-refractivity contribution in [2.45, 2.75) is 64.5 Å². The maximum atomic E-state index is 13.5. The number of hydrogen-bond donors (Lipinski definition) is 2. The molecule has 1 rings (SSSR count). The van der Waals surface area contributed by atoms with Crippen LogP contribution in [0.25, 0.3) is 0 Å². The van der Waals surface area contributed by atoms with Crippen molar-refractivity contribution < 1.29 is 14.2 Å². The molecule has 3 N–H and O–H groups in total. The van der Waals surface area contributed by atoms with Crippen LogP contribution in [0.1, 0.15) is 57.9 Å². The van der Waals surface area contributed by atoms with Crippen LogP contribution in [0.3, 0.4) is 0 Å². The maximum absolute atomic E-state index is 13.5. The Hall–Kier alpha value is -1.13. The van der Waals surface area contributed by atoms with Gasteiger partial charge in [-0.2, -0.15) is 0 Å². The SMILES string of the molecule is CCCOc1ccc(F)cc1C(C)CC(O)C(N)CCC. The van der Waals surface area contributed by atoms with E-state index in [1.54, 1.807) is 6.07 Å². The summed E-state index contributed by atoms with van der Waals surface area (Å²) in [6.45, 7) is 6.64. The summed E-state index contributed by atoms with van der Waals surface area (Å²) in [5.41, 5.74) is 6.74. The fraction of sp³-hybridized carbons (Fsp3) is 0.647. The van der Waals surface area contributed by atoms with E-state index in [1.807, 2.05) is 20.8 Å². The van der Waals surface area contributed by atoms with Gasteiger partial charge in [0.2, 0.25) is 0 Å². The molecule has 0 aliphatic rings. The third-order valence-corrected chi connectivity index (χ3v) is 3.68. The number of hydrogen-bond acceptors (Lipinski definition) is 3. The standard InChI is InChI=1S/C17H28FNO2/c1-4-6-15(19)16(20)10-12(3)14-11-13(18)7-8-17(14)21-9-5-2/h7-8,11-12,15-16,20H,4-6,9-10,19H2,1-3H3. The smallest absolute Gasteiger partial charge is 0.123 e. The number of aliphatic hydroxyl groups is 1. The van der Waals surface area contributed by atoms with Crippen LogP contribution in [-0.4, -0.2) is 23.9 Å². The second kappa shape index (κ2) is 9.00. The van der Waals surface area contributed by atoms with E-state index in [9.17, 15) is 9.50 Å². The average molecular weight is 297 g/mol. The molecule has 0 aliphatic heterocycles. The van der Waals surface area contributed by atoms with Crippen molar-refractivity contribution in [3.63, 3.8) is 0 Å². The predicted octanol–water partition coefficient (Wildman–Crippen LogP) is 3.60.